The van der Waals surface area contributed by atoms with Crippen molar-refractivity contribution >= 4 is 34.6 Å². The van der Waals surface area contributed by atoms with Gasteiger partial charge >= 0.3 is 0 Å². The van der Waals surface area contributed by atoms with E-state index in [0.29, 0.717) is 5.69 Å². The maximum Gasteiger partial charge on any atom is 0.270 e. The molecular formula is C24H23ClN4O3. The van der Waals surface area contributed by atoms with E-state index in [9.17, 15) is 14.9 Å². The van der Waals surface area contributed by atoms with Gasteiger partial charge in [-0.25, -0.2) is 0 Å². The second-order valence-electron chi connectivity index (χ2n) is 7.67. The van der Waals surface area contributed by atoms with Crippen LogP contribution in [-0.2, 0) is 6.54 Å². The molecule has 1 heterocycles. The minimum atomic E-state index is -0.548. The van der Waals surface area contributed by atoms with Gasteiger partial charge in [0.1, 0.15) is 0 Å². The number of nitrogens with zero attached hydrogens (tertiary/aromatic N) is 3. The number of hydrogen-bond acceptors (Lipinski definition) is 5. The standard InChI is InChI=1S/C24H23ClN4O3/c25-23-16-21(29(31)32)10-11-22(23)24(30)26-19-6-8-20(9-7-19)28-14-12-27(13-15-28)17-18-4-2-1-3-5-18/h1-11,16H,12-15,17H2,(H,26,30). The molecule has 0 aliphatic carbocycles. The van der Waals surface area contributed by atoms with Crippen LogP contribution in [0.25, 0.3) is 0 Å². The predicted octanol–water partition coefficient (Wildman–Crippen LogP) is 4.82. The number of carbonyl (C=O) groups is 1. The van der Waals surface area contributed by atoms with Crippen molar-refractivity contribution in [1.82, 2.24) is 4.90 Å². The number of nitro benzene ring substituents is 1. The monoisotopic (exact) mass is 450 g/mol. The number of benzene rings is 3. The van der Waals surface area contributed by atoms with Crippen molar-refractivity contribution in [2.75, 3.05) is 36.4 Å². The van der Waals surface area contributed by atoms with Gasteiger partial charge in [-0.2, -0.15) is 0 Å². The second kappa shape index (κ2) is 9.80. The zero-order valence-corrected chi connectivity index (χ0v) is 18.2. The quantitative estimate of drug-likeness (QED) is 0.430. The summed E-state index contributed by atoms with van der Waals surface area (Å²) in [6.07, 6.45) is 0. The number of rotatable bonds is 6. The highest BCUT2D eigenvalue weighted by molar-refractivity contribution is 6.34. The molecule has 0 radical (unpaired) electrons. The molecule has 1 saturated heterocycles. The first-order valence-electron chi connectivity index (χ1n) is 10.4. The third-order valence-electron chi connectivity index (χ3n) is 5.52. The summed E-state index contributed by atoms with van der Waals surface area (Å²) in [5, 5.41) is 13.7. The summed E-state index contributed by atoms with van der Waals surface area (Å²) in [5.41, 5.74) is 3.11. The Bertz CT molecular complexity index is 1100. The maximum atomic E-state index is 12.5. The van der Waals surface area contributed by atoms with E-state index in [1.165, 1.54) is 23.8 Å². The number of nitrogens with one attached hydrogen (secondary N) is 1. The number of halogens is 1. The van der Waals surface area contributed by atoms with Gasteiger partial charge in [0, 0.05) is 56.2 Å². The zero-order chi connectivity index (χ0) is 22.5. The zero-order valence-electron chi connectivity index (χ0n) is 17.4. The number of hydrogen-bond donors (Lipinski definition) is 1. The Kier molecular flexibility index (Phi) is 6.68. The largest absolute Gasteiger partial charge is 0.369 e. The van der Waals surface area contributed by atoms with Gasteiger partial charge in [0.15, 0.2) is 0 Å². The second-order valence-corrected chi connectivity index (χ2v) is 8.08. The van der Waals surface area contributed by atoms with Crippen LogP contribution >= 0.6 is 11.6 Å². The van der Waals surface area contributed by atoms with Gasteiger partial charge in [-0.3, -0.25) is 19.8 Å². The first-order chi connectivity index (χ1) is 15.5. The SMILES string of the molecule is O=C(Nc1ccc(N2CCN(Cc3ccccc3)CC2)cc1)c1ccc([N+](=O)[O-])cc1Cl. The molecule has 0 saturated carbocycles. The molecule has 8 heteroatoms. The van der Waals surface area contributed by atoms with Crippen LogP contribution in [-0.4, -0.2) is 41.9 Å². The molecule has 3 aromatic rings. The van der Waals surface area contributed by atoms with E-state index < -0.39 is 10.8 Å². The molecule has 0 bridgehead atoms. The van der Waals surface area contributed by atoms with Gasteiger partial charge < -0.3 is 10.2 Å². The average Bonchev–Trinajstić information content (AvgIpc) is 2.80. The molecule has 1 aliphatic heterocycles. The summed E-state index contributed by atoms with van der Waals surface area (Å²) in [5.74, 6) is -0.410. The van der Waals surface area contributed by atoms with Crippen molar-refractivity contribution in [2.45, 2.75) is 6.54 Å². The first kappa shape index (κ1) is 21.8. The summed E-state index contributed by atoms with van der Waals surface area (Å²) < 4.78 is 0. The average molecular weight is 451 g/mol. The Hall–Kier alpha value is -3.42. The Labute approximate surface area is 191 Å². The van der Waals surface area contributed by atoms with Crippen molar-refractivity contribution in [1.29, 1.82) is 0 Å². The van der Waals surface area contributed by atoms with E-state index >= 15 is 0 Å². The van der Waals surface area contributed by atoms with Crippen LogP contribution in [0.4, 0.5) is 17.1 Å². The fourth-order valence-corrected chi connectivity index (χ4v) is 4.02. The van der Waals surface area contributed by atoms with Crippen LogP contribution in [0.3, 0.4) is 0 Å². The Morgan fingerprint density at radius 2 is 1.66 bits per heavy atom. The van der Waals surface area contributed by atoms with Crippen molar-refractivity contribution in [3.05, 3.63) is 99.1 Å². The van der Waals surface area contributed by atoms with Crippen LogP contribution in [0, 0.1) is 10.1 Å². The van der Waals surface area contributed by atoms with Crippen LogP contribution in [0.5, 0.6) is 0 Å². The lowest BCUT2D eigenvalue weighted by molar-refractivity contribution is -0.384. The van der Waals surface area contributed by atoms with E-state index in [1.54, 1.807) is 0 Å². The number of nitro groups is 1. The fourth-order valence-electron chi connectivity index (χ4n) is 3.76. The molecule has 164 valence electrons. The van der Waals surface area contributed by atoms with E-state index in [0.717, 1.165) is 38.4 Å². The summed E-state index contributed by atoms with van der Waals surface area (Å²) >= 11 is 6.05. The van der Waals surface area contributed by atoms with Gasteiger partial charge in [0.2, 0.25) is 0 Å². The van der Waals surface area contributed by atoms with Crippen LogP contribution in [0.2, 0.25) is 5.02 Å². The number of carbonyl (C=O) groups excluding carboxylic acids is 1. The normalized spacial score (nSPS) is 14.2. The molecule has 7 nitrogen and oxygen atoms in total. The summed E-state index contributed by atoms with van der Waals surface area (Å²) in [6.45, 7) is 4.83. The lowest BCUT2D eigenvalue weighted by atomic mass is 10.1. The van der Waals surface area contributed by atoms with Crippen LogP contribution in [0.1, 0.15) is 15.9 Å². The maximum absolute atomic E-state index is 12.5. The molecule has 0 spiro atoms. The number of non-ortho nitro benzene ring substituents is 1. The molecule has 0 aromatic heterocycles. The molecule has 32 heavy (non-hydrogen) atoms. The van der Waals surface area contributed by atoms with Crippen molar-refractivity contribution < 1.29 is 9.72 Å². The summed E-state index contributed by atoms with van der Waals surface area (Å²) in [4.78, 5) is 27.6. The topological polar surface area (TPSA) is 78.7 Å². The third-order valence-corrected chi connectivity index (χ3v) is 5.83. The molecule has 1 amide bonds. The molecule has 0 atom stereocenters. The van der Waals surface area contributed by atoms with E-state index in [1.807, 2.05) is 30.3 Å². The molecular weight excluding hydrogens is 428 g/mol. The number of anilines is 2. The molecule has 4 rings (SSSR count). The lowest BCUT2D eigenvalue weighted by Crippen LogP contribution is -2.45. The molecule has 0 unspecified atom stereocenters. The highest BCUT2D eigenvalue weighted by atomic mass is 35.5. The number of piperazine rings is 1. The van der Waals surface area contributed by atoms with Gasteiger partial charge in [-0.05, 0) is 35.9 Å². The minimum Gasteiger partial charge on any atom is -0.369 e. The van der Waals surface area contributed by atoms with Crippen LogP contribution < -0.4 is 10.2 Å². The van der Waals surface area contributed by atoms with Crippen LogP contribution in [0.15, 0.2) is 72.8 Å². The highest BCUT2D eigenvalue weighted by Crippen LogP contribution is 2.25. The first-order valence-corrected chi connectivity index (χ1v) is 10.7. The van der Waals surface area contributed by atoms with E-state index in [-0.39, 0.29) is 16.3 Å². The molecule has 3 aromatic carbocycles. The van der Waals surface area contributed by atoms with Crippen molar-refractivity contribution in [3.63, 3.8) is 0 Å². The Morgan fingerprint density at radius 3 is 2.28 bits per heavy atom. The lowest BCUT2D eigenvalue weighted by Gasteiger charge is -2.36. The van der Waals surface area contributed by atoms with Gasteiger partial charge in [0.05, 0.1) is 15.5 Å². The summed E-state index contributed by atoms with van der Waals surface area (Å²) in [7, 11) is 0. The predicted molar refractivity (Wildman–Crippen MR) is 126 cm³/mol. The smallest absolute Gasteiger partial charge is 0.270 e. The van der Waals surface area contributed by atoms with Gasteiger partial charge in [-0.15, -0.1) is 0 Å². The Morgan fingerprint density at radius 1 is 0.969 bits per heavy atom. The summed E-state index contributed by atoms with van der Waals surface area (Å²) in [6, 6.07) is 22.0. The fraction of sp³-hybridized carbons (Fsp3) is 0.208. The van der Waals surface area contributed by atoms with Gasteiger partial charge in [0.25, 0.3) is 11.6 Å². The highest BCUT2D eigenvalue weighted by Gasteiger charge is 2.18. The van der Waals surface area contributed by atoms with Gasteiger partial charge in [-0.1, -0.05) is 41.9 Å². The molecule has 1 fully saturated rings. The third kappa shape index (κ3) is 5.25. The minimum absolute atomic E-state index is 0.0432. The van der Waals surface area contributed by atoms with E-state index in [2.05, 4.69) is 39.4 Å². The number of amides is 1. The van der Waals surface area contributed by atoms with E-state index in [4.69, 9.17) is 11.6 Å². The van der Waals surface area contributed by atoms with Crippen molar-refractivity contribution in [2.24, 2.45) is 0 Å². The molecule has 1 N–H and O–H groups in total. The molecule has 1 aliphatic rings. The van der Waals surface area contributed by atoms with Crippen molar-refractivity contribution in [3.8, 4) is 0 Å². The Balaban J connectivity index is 1.32.